The summed E-state index contributed by atoms with van der Waals surface area (Å²) in [7, 11) is 0. The molecule has 13 heavy (non-hydrogen) atoms. The molecule has 2 N–H and O–H groups in total. The van der Waals surface area contributed by atoms with Gasteiger partial charge in [-0.15, -0.1) is 0 Å². The molecule has 0 amide bonds. The van der Waals surface area contributed by atoms with Crippen LogP contribution in [-0.4, -0.2) is 16.2 Å². The van der Waals surface area contributed by atoms with Gasteiger partial charge in [0, 0.05) is 4.47 Å². The van der Waals surface area contributed by atoms with E-state index >= 15 is 0 Å². The smallest absolute Gasteiger partial charge is 0.337 e. The zero-order valence-electron chi connectivity index (χ0n) is 6.37. The third-order valence-electron chi connectivity index (χ3n) is 1.49. The molecule has 0 heterocycles. The van der Waals surface area contributed by atoms with Gasteiger partial charge in [-0.2, -0.15) is 0 Å². The zero-order valence-corrected chi connectivity index (χ0v) is 8.71. The Morgan fingerprint density at radius 1 is 1.54 bits per heavy atom. The summed E-state index contributed by atoms with van der Waals surface area (Å²) in [5, 5.41) is 18.1. The van der Waals surface area contributed by atoms with Crippen LogP contribution in [-0.2, 0) is 4.79 Å². The van der Waals surface area contributed by atoms with Crippen molar-refractivity contribution >= 4 is 33.5 Å². The van der Waals surface area contributed by atoms with E-state index in [4.69, 9.17) is 21.8 Å². The van der Waals surface area contributed by atoms with E-state index < -0.39 is 12.1 Å². The molecule has 5 heteroatoms. The standard InChI is InChI=1S/C8H6BrClO3/c9-5-3-4(1-2-6(5)10)7(11)8(12)13/h1-3,7,11H,(H,12,13). The normalized spacial score (nSPS) is 12.5. The number of halogens is 2. The molecule has 0 fully saturated rings. The molecule has 1 aromatic carbocycles. The molecule has 0 aliphatic rings. The monoisotopic (exact) mass is 264 g/mol. The van der Waals surface area contributed by atoms with Crippen LogP contribution in [0.15, 0.2) is 22.7 Å². The van der Waals surface area contributed by atoms with Crippen molar-refractivity contribution < 1.29 is 15.0 Å². The minimum Gasteiger partial charge on any atom is -0.479 e. The van der Waals surface area contributed by atoms with Crippen molar-refractivity contribution in [2.45, 2.75) is 6.10 Å². The van der Waals surface area contributed by atoms with E-state index in [0.717, 1.165) is 0 Å². The SMILES string of the molecule is O=C(O)C(O)c1ccc(Cl)c(Br)c1. The van der Waals surface area contributed by atoms with E-state index in [1.807, 2.05) is 0 Å². The van der Waals surface area contributed by atoms with Crippen LogP contribution < -0.4 is 0 Å². The van der Waals surface area contributed by atoms with Gasteiger partial charge < -0.3 is 10.2 Å². The fourth-order valence-corrected chi connectivity index (χ4v) is 1.34. The highest BCUT2D eigenvalue weighted by molar-refractivity contribution is 9.10. The van der Waals surface area contributed by atoms with E-state index in [1.165, 1.54) is 18.2 Å². The summed E-state index contributed by atoms with van der Waals surface area (Å²) in [6.45, 7) is 0. The van der Waals surface area contributed by atoms with E-state index in [-0.39, 0.29) is 0 Å². The minimum atomic E-state index is -1.51. The van der Waals surface area contributed by atoms with Crippen LogP contribution in [0.2, 0.25) is 5.02 Å². The molecule has 3 nitrogen and oxygen atoms in total. The van der Waals surface area contributed by atoms with Crippen molar-refractivity contribution in [1.82, 2.24) is 0 Å². The average Bonchev–Trinajstić information content (AvgIpc) is 2.08. The van der Waals surface area contributed by atoms with Crippen molar-refractivity contribution in [3.63, 3.8) is 0 Å². The average molecular weight is 265 g/mol. The summed E-state index contributed by atoms with van der Waals surface area (Å²) in [5.41, 5.74) is 0.295. The highest BCUT2D eigenvalue weighted by Gasteiger charge is 2.16. The summed E-state index contributed by atoms with van der Waals surface area (Å²) in [6.07, 6.45) is -1.51. The predicted molar refractivity (Wildman–Crippen MR) is 51.7 cm³/mol. The lowest BCUT2D eigenvalue weighted by atomic mass is 10.1. The number of rotatable bonds is 2. The molecule has 1 atom stereocenters. The van der Waals surface area contributed by atoms with Gasteiger partial charge in [-0.05, 0) is 33.6 Å². The van der Waals surface area contributed by atoms with Gasteiger partial charge in [-0.1, -0.05) is 17.7 Å². The number of hydrogen-bond acceptors (Lipinski definition) is 2. The number of aliphatic carboxylic acids is 1. The van der Waals surface area contributed by atoms with Gasteiger partial charge in [-0.25, -0.2) is 4.79 Å². The third-order valence-corrected chi connectivity index (χ3v) is 2.71. The van der Waals surface area contributed by atoms with Crippen LogP contribution in [0, 0.1) is 0 Å². The molecule has 1 rings (SSSR count). The molecule has 0 saturated heterocycles. The molecule has 0 spiro atoms. The Labute approximate surface area is 88.1 Å². The van der Waals surface area contributed by atoms with Gasteiger partial charge >= 0.3 is 5.97 Å². The molecule has 0 bridgehead atoms. The number of hydrogen-bond donors (Lipinski definition) is 2. The largest absolute Gasteiger partial charge is 0.479 e. The molecule has 0 aromatic heterocycles. The van der Waals surface area contributed by atoms with Crippen LogP contribution in [0.4, 0.5) is 0 Å². The van der Waals surface area contributed by atoms with Crippen LogP contribution >= 0.6 is 27.5 Å². The van der Waals surface area contributed by atoms with Gasteiger partial charge in [0.1, 0.15) is 0 Å². The molecule has 0 saturated carbocycles. The third kappa shape index (κ3) is 2.43. The number of carbonyl (C=O) groups is 1. The number of aliphatic hydroxyl groups excluding tert-OH is 1. The lowest BCUT2D eigenvalue weighted by Crippen LogP contribution is -2.10. The highest BCUT2D eigenvalue weighted by Crippen LogP contribution is 2.26. The minimum absolute atomic E-state index is 0.295. The van der Waals surface area contributed by atoms with Gasteiger partial charge in [0.2, 0.25) is 0 Å². The molecule has 70 valence electrons. The maximum Gasteiger partial charge on any atom is 0.337 e. The Kier molecular flexibility index (Phi) is 3.30. The first kappa shape index (κ1) is 10.5. The summed E-state index contributed by atoms with van der Waals surface area (Å²) in [4.78, 5) is 10.4. The first-order valence-corrected chi connectivity index (χ1v) is 4.55. The number of aliphatic hydroxyl groups is 1. The lowest BCUT2D eigenvalue weighted by Gasteiger charge is -2.06. The van der Waals surface area contributed by atoms with E-state index in [0.29, 0.717) is 15.1 Å². The summed E-state index contributed by atoms with van der Waals surface area (Å²) in [5.74, 6) is -1.28. The molecular weight excluding hydrogens is 259 g/mol. The Hall–Kier alpha value is -0.580. The molecule has 0 aliphatic carbocycles. The Morgan fingerprint density at radius 3 is 2.62 bits per heavy atom. The Balaban J connectivity index is 3.03. The van der Waals surface area contributed by atoms with Gasteiger partial charge in [0.25, 0.3) is 0 Å². The summed E-state index contributed by atoms with van der Waals surface area (Å²) < 4.78 is 0.562. The van der Waals surface area contributed by atoms with Crippen LogP contribution in [0.3, 0.4) is 0 Å². The Bertz CT molecular complexity index is 340. The van der Waals surface area contributed by atoms with Gasteiger partial charge in [0.05, 0.1) is 5.02 Å². The first-order chi connectivity index (χ1) is 6.02. The molecular formula is C8H6BrClO3. The van der Waals surface area contributed by atoms with Crippen LogP contribution in [0.25, 0.3) is 0 Å². The fourth-order valence-electron chi connectivity index (χ4n) is 0.825. The number of benzene rings is 1. The van der Waals surface area contributed by atoms with Crippen LogP contribution in [0.1, 0.15) is 11.7 Å². The fraction of sp³-hybridized carbons (Fsp3) is 0.125. The van der Waals surface area contributed by atoms with Crippen molar-refractivity contribution in [1.29, 1.82) is 0 Å². The van der Waals surface area contributed by atoms with Crippen molar-refractivity contribution in [3.8, 4) is 0 Å². The second kappa shape index (κ2) is 4.09. The first-order valence-electron chi connectivity index (χ1n) is 3.38. The predicted octanol–water partition coefficient (Wildman–Crippen LogP) is 2.22. The molecule has 1 unspecified atom stereocenters. The second-order valence-electron chi connectivity index (χ2n) is 2.41. The maximum atomic E-state index is 10.4. The summed E-state index contributed by atoms with van der Waals surface area (Å²) in [6, 6.07) is 4.46. The van der Waals surface area contributed by atoms with Crippen LogP contribution in [0.5, 0.6) is 0 Å². The molecule has 1 aromatic rings. The van der Waals surface area contributed by atoms with E-state index in [1.54, 1.807) is 0 Å². The van der Waals surface area contributed by atoms with Crippen molar-refractivity contribution in [2.75, 3.05) is 0 Å². The molecule has 0 radical (unpaired) electrons. The Morgan fingerprint density at radius 2 is 2.15 bits per heavy atom. The second-order valence-corrected chi connectivity index (χ2v) is 3.68. The quantitative estimate of drug-likeness (QED) is 0.862. The van der Waals surface area contributed by atoms with Crippen molar-refractivity contribution in [2.24, 2.45) is 0 Å². The topological polar surface area (TPSA) is 57.5 Å². The highest BCUT2D eigenvalue weighted by atomic mass is 79.9. The lowest BCUT2D eigenvalue weighted by molar-refractivity contribution is -0.146. The summed E-state index contributed by atoms with van der Waals surface area (Å²) >= 11 is 8.82. The maximum absolute atomic E-state index is 10.4. The zero-order chi connectivity index (χ0) is 10.0. The van der Waals surface area contributed by atoms with E-state index in [2.05, 4.69) is 15.9 Å². The van der Waals surface area contributed by atoms with Gasteiger partial charge in [-0.3, -0.25) is 0 Å². The number of carboxylic acid groups (broad SMARTS) is 1. The van der Waals surface area contributed by atoms with E-state index in [9.17, 15) is 4.79 Å². The number of carboxylic acids is 1. The molecule has 0 aliphatic heterocycles. The van der Waals surface area contributed by atoms with Gasteiger partial charge in [0.15, 0.2) is 6.10 Å². The van der Waals surface area contributed by atoms with Crippen molar-refractivity contribution in [3.05, 3.63) is 33.3 Å².